The van der Waals surface area contributed by atoms with E-state index in [0.717, 1.165) is 22.8 Å². The Hall–Kier alpha value is -3.50. The number of anilines is 1. The van der Waals surface area contributed by atoms with Gasteiger partial charge in [0, 0.05) is 23.7 Å². The van der Waals surface area contributed by atoms with Crippen LogP contribution >= 0.6 is 0 Å². The molecule has 9 nitrogen and oxygen atoms in total. The van der Waals surface area contributed by atoms with E-state index in [9.17, 15) is 18.3 Å². The molecule has 2 aromatic carbocycles. The summed E-state index contributed by atoms with van der Waals surface area (Å²) in [5.41, 5.74) is 3.82. The number of aromatic nitrogens is 2. The summed E-state index contributed by atoms with van der Waals surface area (Å²) in [5.74, 6) is -1.13. The molecule has 0 bridgehead atoms. The Labute approximate surface area is 222 Å². The molecular formula is C28H32N4O5S. The van der Waals surface area contributed by atoms with Gasteiger partial charge in [-0.1, -0.05) is 24.3 Å². The van der Waals surface area contributed by atoms with E-state index in [1.165, 1.54) is 43.9 Å². The van der Waals surface area contributed by atoms with Crippen LogP contribution in [0.5, 0.6) is 5.88 Å². The maximum Gasteiger partial charge on any atom is 0.335 e. The predicted octanol–water partition coefficient (Wildman–Crippen LogP) is 4.56. The first-order valence-electron chi connectivity index (χ1n) is 12.7. The van der Waals surface area contributed by atoms with Crippen molar-refractivity contribution < 1.29 is 23.1 Å². The smallest absolute Gasteiger partial charge is 0.335 e. The quantitative estimate of drug-likeness (QED) is 0.344. The summed E-state index contributed by atoms with van der Waals surface area (Å²) >= 11 is 0. The summed E-state index contributed by atoms with van der Waals surface area (Å²) in [5, 5.41) is 12.9. The molecule has 1 spiro atoms. The molecule has 1 atom stereocenters. The third-order valence-corrected chi connectivity index (χ3v) is 8.70. The number of nitrogens with one attached hydrogen (secondary N) is 2. The van der Waals surface area contributed by atoms with Gasteiger partial charge in [-0.15, -0.1) is 0 Å². The fraction of sp³-hybridized carbons (Fsp3) is 0.393. The van der Waals surface area contributed by atoms with Crippen molar-refractivity contribution in [3.8, 4) is 17.1 Å². The Morgan fingerprint density at radius 3 is 2.45 bits per heavy atom. The molecule has 0 amide bonds. The number of ether oxygens (including phenoxy) is 1. The summed E-state index contributed by atoms with van der Waals surface area (Å²) in [7, 11) is -4.16. The van der Waals surface area contributed by atoms with E-state index in [1.807, 2.05) is 32.0 Å². The lowest BCUT2D eigenvalue weighted by molar-refractivity contribution is 0.0696. The monoisotopic (exact) mass is 536 g/mol. The topological polar surface area (TPSA) is 131 Å². The van der Waals surface area contributed by atoms with Gasteiger partial charge in [-0.25, -0.2) is 22.9 Å². The maximum atomic E-state index is 13.1. The third-order valence-electron chi connectivity index (χ3n) is 7.37. The number of benzene rings is 2. The lowest BCUT2D eigenvalue weighted by Crippen LogP contribution is -2.48. The van der Waals surface area contributed by atoms with Crippen LogP contribution in [-0.2, 0) is 10.0 Å². The van der Waals surface area contributed by atoms with Crippen LogP contribution < -0.4 is 14.8 Å². The minimum atomic E-state index is -4.16. The zero-order valence-corrected chi connectivity index (χ0v) is 22.5. The van der Waals surface area contributed by atoms with Crippen molar-refractivity contribution in [3.05, 3.63) is 65.2 Å². The van der Waals surface area contributed by atoms with Gasteiger partial charge in [0.05, 0.1) is 16.2 Å². The third kappa shape index (κ3) is 5.66. The van der Waals surface area contributed by atoms with Gasteiger partial charge in [0.1, 0.15) is 6.61 Å². The SMILES string of the molecule is Cc1cccc(C)c1-c1cc(OCC(C)NC2CC3(CC3)C2)nc(NS(=O)(=O)c2cccc(C(=O)O)c2)n1. The molecule has 2 fully saturated rings. The van der Waals surface area contributed by atoms with Gasteiger partial charge < -0.3 is 15.2 Å². The normalized spacial score (nSPS) is 17.0. The molecular weight excluding hydrogens is 504 g/mol. The number of carboxylic acids is 1. The molecule has 5 rings (SSSR count). The lowest BCUT2D eigenvalue weighted by Gasteiger charge is -2.38. The van der Waals surface area contributed by atoms with Crippen molar-refractivity contribution in [1.29, 1.82) is 0 Å². The van der Waals surface area contributed by atoms with Crippen molar-refractivity contribution in [3.63, 3.8) is 0 Å². The minimum Gasteiger partial charge on any atom is -0.478 e. The summed E-state index contributed by atoms with van der Waals surface area (Å²) in [6, 6.07) is 13.3. The Kier molecular flexibility index (Phi) is 6.87. The fourth-order valence-electron chi connectivity index (χ4n) is 5.22. The molecule has 1 unspecified atom stereocenters. The van der Waals surface area contributed by atoms with Crippen molar-refractivity contribution in [1.82, 2.24) is 15.3 Å². The number of carboxylic acid groups (broad SMARTS) is 1. The molecule has 200 valence electrons. The largest absolute Gasteiger partial charge is 0.478 e. The van der Waals surface area contributed by atoms with Crippen molar-refractivity contribution in [2.45, 2.75) is 63.4 Å². The van der Waals surface area contributed by atoms with Crippen LogP contribution in [0.25, 0.3) is 11.3 Å². The van der Waals surface area contributed by atoms with E-state index in [-0.39, 0.29) is 28.3 Å². The molecule has 2 saturated carbocycles. The Balaban J connectivity index is 1.40. The standard InChI is InChI=1S/C28H32N4O5S/c1-17-6-4-7-18(2)25(17)23-13-24(37-16-19(3)29-21-14-28(15-21)10-11-28)31-27(30-23)32-38(35,36)22-9-5-8-20(12-22)26(33)34/h4-9,12-13,19,21,29H,10-11,14-16H2,1-3H3,(H,33,34)(H,30,31,32). The average Bonchev–Trinajstić information content (AvgIpc) is 3.63. The Morgan fingerprint density at radius 2 is 1.79 bits per heavy atom. The Bertz CT molecular complexity index is 1460. The number of sulfonamides is 1. The summed E-state index contributed by atoms with van der Waals surface area (Å²) < 4.78 is 34.7. The van der Waals surface area contributed by atoms with E-state index in [0.29, 0.717) is 23.8 Å². The van der Waals surface area contributed by atoms with Gasteiger partial charge in [-0.3, -0.25) is 0 Å². The second-order valence-electron chi connectivity index (χ2n) is 10.6. The van der Waals surface area contributed by atoms with Gasteiger partial charge in [0.2, 0.25) is 11.8 Å². The van der Waals surface area contributed by atoms with Gasteiger partial charge in [-0.2, -0.15) is 4.98 Å². The van der Waals surface area contributed by atoms with Crippen LogP contribution in [0.4, 0.5) is 5.95 Å². The molecule has 3 aromatic rings. The summed E-state index contributed by atoms with van der Waals surface area (Å²) in [6.07, 6.45) is 5.13. The van der Waals surface area contributed by atoms with E-state index < -0.39 is 16.0 Å². The first-order chi connectivity index (χ1) is 18.0. The number of nitrogens with zero attached hydrogens (tertiary/aromatic N) is 2. The second kappa shape index (κ2) is 9.99. The van der Waals surface area contributed by atoms with Crippen molar-refractivity contribution in [2.24, 2.45) is 5.41 Å². The van der Waals surface area contributed by atoms with E-state index >= 15 is 0 Å². The number of hydrogen-bond acceptors (Lipinski definition) is 7. The highest BCUT2D eigenvalue weighted by Crippen LogP contribution is 2.60. The van der Waals surface area contributed by atoms with Crippen LogP contribution in [0.1, 0.15) is 54.1 Å². The predicted molar refractivity (Wildman–Crippen MR) is 144 cm³/mol. The lowest BCUT2D eigenvalue weighted by atomic mass is 9.77. The molecule has 38 heavy (non-hydrogen) atoms. The second-order valence-corrected chi connectivity index (χ2v) is 12.3. The first kappa shape index (κ1) is 26.1. The number of hydrogen-bond donors (Lipinski definition) is 3. The fourth-order valence-corrected chi connectivity index (χ4v) is 6.21. The van der Waals surface area contributed by atoms with Gasteiger partial charge in [0.15, 0.2) is 0 Å². The van der Waals surface area contributed by atoms with Gasteiger partial charge in [-0.05, 0) is 81.2 Å². The highest BCUT2D eigenvalue weighted by molar-refractivity contribution is 7.92. The van der Waals surface area contributed by atoms with Crippen LogP contribution in [0, 0.1) is 19.3 Å². The minimum absolute atomic E-state index is 0.0913. The van der Waals surface area contributed by atoms with Crippen molar-refractivity contribution >= 4 is 21.9 Å². The zero-order chi connectivity index (χ0) is 27.1. The van der Waals surface area contributed by atoms with Crippen LogP contribution in [0.3, 0.4) is 0 Å². The van der Waals surface area contributed by atoms with Gasteiger partial charge in [0.25, 0.3) is 10.0 Å². The molecule has 10 heteroatoms. The maximum absolute atomic E-state index is 13.1. The first-order valence-corrected chi connectivity index (χ1v) is 14.2. The number of rotatable bonds is 10. The van der Waals surface area contributed by atoms with Crippen LogP contribution in [0.15, 0.2) is 53.4 Å². The summed E-state index contributed by atoms with van der Waals surface area (Å²) in [6.45, 7) is 6.34. The molecule has 0 radical (unpaired) electrons. The van der Waals surface area contributed by atoms with Crippen molar-refractivity contribution in [2.75, 3.05) is 11.3 Å². The summed E-state index contributed by atoms with van der Waals surface area (Å²) in [4.78, 5) is 20.0. The van der Waals surface area contributed by atoms with E-state index in [4.69, 9.17) is 4.74 Å². The highest BCUT2D eigenvalue weighted by Gasteiger charge is 2.52. The average molecular weight is 537 g/mol. The number of aromatic carboxylic acids is 1. The van der Waals surface area contributed by atoms with E-state index in [2.05, 4.69) is 26.9 Å². The van der Waals surface area contributed by atoms with Crippen LogP contribution in [0.2, 0.25) is 0 Å². The molecule has 2 aliphatic rings. The molecule has 0 saturated heterocycles. The van der Waals surface area contributed by atoms with Crippen LogP contribution in [-0.4, -0.2) is 48.2 Å². The molecule has 0 aliphatic heterocycles. The number of carbonyl (C=O) groups is 1. The molecule has 1 heterocycles. The van der Waals surface area contributed by atoms with E-state index in [1.54, 1.807) is 6.07 Å². The highest BCUT2D eigenvalue weighted by atomic mass is 32.2. The Morgan fingerprint density at radius 1 is 1.11 bits per heavy atom. The van der Waals surface area contributed by atoms with Gasteiger partial charge >= 0.3 is 5.97 Å². The number of aryl methyl sites for hydroxylation is 2. The molecule has 1 aromatic heterocycles. The molecule has 2 aliphatic carbocycles. The zero-order valence-electron chi connectivity index (χ0n) is 21.7. The molecule has 3 N–H and O–H groups in total.